The molecule has 1 heterocycles. The van der Waals surface area contributed by atoms with Crippen molar-refractivity contribution < 1.29 is 4.42 Å². The van der Waals surface area contributed by atoms with E-state index in [0.717, 1.165) is 31.8 Å². The van der Waals surface area contributed by atoms with Gasteiger partial charge in [-0.2, -0.15) is 0 Å². The first kappa shape index (κ1) is 15.3. The number of hydrogen-bond acceptors (Lipinski definition) is 3. The smallest absolute Gasteiger partial charge is 0.122 e. The molecule has 18 heavy (non-hydrogen) atoms. The summed E-state index contributed by atoms with van der Waals surface area (Å²) in [6, 6.07) is 2.10. The third-order valence-corrected chi connectivity index (χ3v) is 3.13. The molecule has 0 fully saturated rings. The second-order valence-electron chi connectivity index (χ2n) is 4.99. The van der Waals surface area contributed by atoms with Crippen LogP contribution in [0, 0.1) is 0 Å². The minimum atomic E-state index is 0.846. The summed E-state index contributed by atoms with van der Waals surface area (Å²) in [5.41, 5.74) is 1.32. The van der Waals surface area contributed by atoms with Crippen molar-refractivity contribution in [3.8, 4) is 0 Å². The van der Waals surface area contributed by atoms with Crippen LogP contribution in [-0.2, 0) is 13.1 Å². The van der Waals surface area contributed by atoms with Crippen molar-refractivity contribution >= 4 is 0 Å². The summed E-state index contributed by atoms with van der Waals surface area (Å²) in [5.74, 6) is 1.09. The Kier molecular flexibility index (Phi) is 7.78. The normalized spacial score (nSPS) is 11.3. The number of hydrogen-bond donors (Lipinski definition) is 1. The monoisotopic (exact) mass is 252 g/mol. The average molecular weight is 252 g/mol. The number of nitrogens with zero attached hydrogens (tertiary/aromatic N) is 1. The molecule has 3 nitrogen and oxygen atoms in total. The molecule has 0 spiro atoms. The predicted molar refractivity (Wildman–Crippen MR) is 76.6 cm³/mol. The maximum atomic E-state index is 5.55. The molecule has 3 heteroatoms. The van der Waals surface area contributed by atoms with Crippen molar-refractivity contribution in [2.24, 2.45) is 0 Å². The fourth-order valence-corrected chi connectivity index (χ4v) is 2.04. The zero-order valence-corrected chi connectivity index (χ0v) is 12.2. The number of nitrogens with one attached hydrogen (secondary N) is 1. The Morgan fingerprint density at radius 3 is 2.78 bits per heavy atom. The minimum absolute atomic E-state index is 0.846. The highest BCUT2D eigenvalue weighted by molar-refractivity contribution is 5.16. The minimum Gasteiger partial charge on any atom is -0.468 e. The van der Waals surface area contributed by atoms with Gasteiger partial charge in [0, 0.05) is 12.1 Å². The molecule has 0 aromatic carbocycles. The van der Waals surface area contributed by atoms with E-state index in [1.54, 1.807) is 6.26 Å². The molecule has 0 aliphatic carbocycles. The Labute approximate surface area is 112 Å². The van der Waals surface area contributed by atoms with Crippen LogP contribution in [0.3, 0.4) is 0 Å². The van der Waals surface area contributed by atoms with E-state index in [9.17, 15) is 0 Å². The van der Waals surface area contributed by atoms with E-state index in [0.29, 0.717) is 0 Å². The largest absolute Gasteiger partial charge is 0.468 e. The van der Waals surface area contributed by atoms with Gasteiger partial charge in [-0.05, 0) is 39.0 Å². The van der Waals surface area contributed by atoms with Crippen LogP contribution in [0.2, 0.25) is 0 Å². The molecule has 0 saturated heterocycles. The molecule has 0 aliphatic heterocycles. The highest BCUT2D eigenvalue weighted by Gasteiger charge is 2.08. The van der Waals surface area contributed by atoms with Gasteiger partial charge in [-0.1, -0.05) is 26.7 Å². The first-order valence-corrected chi connectivity index (χ1v) is 7.22. The highest BCUT2D eigenvalue weighted by Crippen LogP contribution is 2.13. The van der Waals surface area contributed by atoms with Gasteiger partial charge in [-0.3, -0.25) is 0 Å². The average Bonchev–Trinajstić information content (AvgIpc) is 2.77. The summed E-state index contributed by atoms with van der Waals surface area (Å²) in [4.78, 5) is 2.38. The Bertz CT molecular complexity index is 309. The first-order chi connectivity index (χ1) is 8.77. The van der Waals surface area contributed by atoms with Crippen molar-refractivity contribution in [2.75, 3.05) is 20.1 Å². The summed E-state index contributed by atoms with van der Waals surface area (Å²) in [6.45, 7) is 8.47. The first-order valence-electron chi connectivity index (χ1n) is 7.22. The zero-order chi connectivity index (χ0) is 13.2. The highest BCUT2D eigenvalue weighted by atomic mass is 16.3. The fraction of sp³-hybridized carbons (Fsp3) is 0.733. The Balaban J connectivity index is 2.34. The van der Waals surface area contributed by atoms with E-state index >= 15 is 0 Å². The van der Waals surface area contributed by atoms with Gasteiger partial charge in [-0.15, -0.1) is 0 Å². The molecule has 0 atom stereocenters. The zero-order valence-electron chi connectivity index (χ0n) is 12.2. The Morgan fingerprint density at radius 1 is 1.22 bits per heavy atom. The van der Waals surface area contributed by atoms with Gasteiger partial charge in [0.05, 0.1) is 12.8 Å². The SMILES string of the molecule is CCCCCN(C)Cc1ccoc1CNCCC. The maximum Gasteiger partial charge on any atom is 0.122 e. The van der Waals surface area contributed by atoms with Crippen LogP contribution < -0.4 is 5.32 Å². The van der Waals surface area contributed by atoms with Crippen LogP contribution in [0.5, 0.6) is 0 Å². The molecule has 0 bridgehead atoms. The van der Waals surface area contributed by atoms with E-state index in [1.165, 1.54) is 31.4 Å². The molecule has 0 saturated carbocycles. The quantitative estimate of drug-likeness (QED) is 0.647. The molecule has 1 rings (SSSR count). The number of rotatable bonds is 10. The summed E-state index contributed by atoms with van der Waals surface area (Å²) in [6.07, 6.45) is 6.85. The number of furan rings is 1. The molecule has 0 amide bonds. The molecule has 0 unspecified atom stereocenters. The lowest BCUT2D eigenvalue weighted by atomic mass is 10.2. The third-order valence-electron chi connectivity index (χ3n) is 3.13. The summed E-state index contributed by atoms with van der Waals surface area (Å²) in [5, 5.41) is 3.39. The summed E-state index contributed by atoms with van der Waals surface area (Å²) < 4.78 is 5.55. The summed E-state index contributed by atoms with van der Waals surface area (Å²) >= 11 is 0. The topological polar surface area (TPSA) is 28.4 Å². The van der Waals surface area contributed by atoms with Crippen LogP contribution >= 0.6 is 0 Å². The van der Waals surface area contributed by atoms with E-state index in [1.807, 2.05) is 0 Å². The van der Waals surface area contributed by atoms with Crippen molar-refractivity contribution in [3.63, 3.8) is 0 Å². The van der Waals surface area contributed by atoms with Crippen LogP contribution in [0.25, 0.3) is 0 Å². The standard InChI is InChI=1S/C15H28N2O/c1-4-6-7-10-17(3)13-14-8-11-18-15(14)12-16-9-5-2/h8,11,16H,4-7,9-10,12-13H2,1-3H3. The molecule has 1 aromatic heterocycles. The lowest BCUT2D eigenvalue weighted by Gasteiger charge is -2.16. The molecule has 1 aromatic rings. The van der Waals surface area contributed by atoms with Crippen molar-refractivity contribution in [1.29, 1.82) is 0 Å². The van der Waals surface area contributed by atoms with Crippen molar-refractivity contribution in [3.05, 3.63) is 23.7 Å². The molecule has 0 aliphatic rings. The maximum absolute atomic E-state index is 5.55. The lowest BCUT2D eigenvalue weighted by Crippen LogP contribution is -2.20. The van der Waals surface area contributed by atoms with E-state index in [4.69, 9.17) is 4.42 Å². The molecular weight excluding hydrogens is 224 g/mol. The predicted octanol–water partition coefficient (Wildman–Crippen LogP) is 3.40. The molecule has 0 radical (unpaired) electrons. The second kappa shape index (κ2) is 9.17. The van der Waals surface area contributed by atoms with Gasteiger partial charge < -0.3 is 14.6 Å². The van der Waals surface area contributed by atoms with Gasteiger partial charge in [0.2, 0.25) is 0 Å². The van der Waals surface area contributed by atoms with Crippen LogP contribution in [0.4, 0.5) is 0 Å². The fourth-order valence-electron chi connectivity index (χ4n) is 2.04. The van der Waals surface area contributed by atoms with Gasteiger partial charge in [0.15, 0.2) is 0 Å². The van der Waals surface area contributed by atoms with E-state index in [2.05, 4.69) is 37.2 Å². The van der Waals surface area contributed by atoms with Gasteiger partial charge in [0.1, 0.15) is 5.76 Å². The van der Waals surface area contributed by atoms with E-state index in [-0.39, 0.29) is 0 Å². The van der Waals surface area contributed by atoms with Gasteiger partial charge in [-0.25, -0.2) is 0 Å². The third kappa shape index (κ3) is 5.69. The lowest BCUT2D eigenvalue weighted by molar-refractivity contribution is 0.314. The number of unbranched alkanes of at least 4 members (excludes halogenated alkanes) is 2. The molecule has 1 N–H and O–H groups in total. The van der Waals surface area contributed by atoms with Gasteiger partial charge in [0.25, 0.3) is 0 Å². The van der Waals surface area contributed by atoms with Gasteiger partial charge >= 0.3 is 0 Å². The van der Waals surface area contributed by atoms with Crippen LogP contribution in [0.15, 0.2) is 16.7 Å². The van der Waals surface area contributed by atoms with E-state index < -0.39 is 0 Å². The molecule has 104 valence electrons. The second-order valence-corrected chi connectivity index (χ2v) is 4.99. The van der Waals surface area contributed by atoms with Crippen LogP contribution in [0.1, 0.15) is 50.9 Å². The molecular formula is C15H28N2O. The van der Waals surface area contributed by atoms with Crippen LogP contribution in [-0.4, -0.2) is 25.0 Å². The van der Waals surface area contributed by atoms with Crippen molar-refractivity contribution in [1.82, 2.24) is 10.2 Å². The Hall–Kier alpha value is -0.800. The Morgan fingerprint density at radius 2 is 2.06 bits per heavy atom. The van der Waals surface area contributed by atoms with Crippen molar-refractivity contribution in [2.45, 2.75) is 52.6 Å². The summed E-state index contributed by atoms with van der Waals surface area (Å²) in [7, 11) is 2.19.